The second-order valence-electron chi connectivity index (χ2n) is 8.83. The van der Waals surface area contributed by atoms with Gasteiger partial charge >= 0.3 is 11.9 Å². The molecule has 2 aromatic carbocycles. The van der Waals surface area contributed by atoms with Crippen molar-refractivity contribution in [1.82, 2.24) is 9.80 Å². The number of carbonyl (C=O) groups excluding carboxylic acids is 1. The minimum absolute atomic E-state index is 0.0159. The molecule has 2 aromatic rings. The normalized spacial score (nSPS) is 19.3. The zero-order chi connectivity index (χ0) is 27.1. The fourth-order valence-corrected chi connectivity index (χ4v) is 4.84. The number of likely N-dealkylation sites (tertiary alicyclic amines) is 1. The van der Waals surface area contributed by atoms with E-state index in [4.69, 9.17) is 33.4 Å². The van der Waals surface area contributed by atoms with Crippen molar-refractivity contribution in [2.45, 2.75) is 31.4 Å². The number of aliphatic carboxylic acids is 2. The Morgan fingerprint density at radius 3 is 2.30 bits per heavy atom. The summed E-state index contributed by atoms with van der Waals surface area (Å²) in [6.45, 7) is 2.60. The zero-order valence-corrected chi connectivity index (χ0v) is 21.4. The number of nitrogens with zero attached hydrogens (tertiary/aromatic N) is 2. The number of phenols is 1. The number of β-amino-alcohol motifs (C(OH)–C–C–N with tert-alkyl or cyclic N) is 1. The first-order valence-electron chi connectivity index (χ1n) is 11.6. The number of aliphatic hydroxyl groups is 1. The van der Waals surface area contributed by atoms with Gasteiger partial charge in [0.05, 0.1) is 28.6 Å². The smallest absolute Gasteiger partial charge is 0.328 e. The zero-order valence-electron chi connectivity index (χ0n) is 19.9. The van der Waals surface area contributed by atoms with E-state index in [-0.39, 0.29) is 30.2 Å². The monoisotopic (exact) mass is 550 g/mol. The average Bonchev–Trinajstić information content (AvgIpc) is 3.25. The number of halogens is 2. The highest BCUT2D eigenvalue weighted by Crippen LogP contribution is 2.36. The molecule has 0 bridgehead atoms. The summed E-state index contributed by atoms with van der Waals surface area (Å²) in [6, 6.07) is 10.6. The molecule has 4 N–H and O–H groups in total. The van der Waals surface area contributed by atoms with Crippen LogP contribution in [0.1, 0.15) is 29.2 Å². The van der Waals surface area contributed by atoms with Crippen LogP contribution < -0.4 is 0 Å². The summed E-state index contributed by atoms with van der Waals surface area (Å²) in [5.41, 5.74) is 2.72. The van der Waals surface area contributed by atoms with E-state index in [1.807, 2.05) is 23.1 Å². The van der Waals surface area contributed by atoms with Gasteiger partial charge in [0.25, 0.3) is 0 Å². The van der Waals surface area contributed by atoms with Crippen LogP contribution in [0.25, 0.3) is 0 Å². The van der Waals surface area contributed by atoms with E-state index in [9.17, 15) is 24.6 Å². The summed E-state index contributed by atoms with van der Waals surface area (Å²) < 4.78 is 0. The van der Waals surface area contributed by atoms with Crippen LogP contribution in [0.3, 0.4) is 0 Å². The van der Waals surface area contributed by atoms with Crippen LogP contribution >= 0.6 is 23.2 Å². The maximum absolute atomic E-state index is 13.2. The molecule has 2 heterocycles. The van der Waals surface area contributed by atoms with Gasteiger partial charge in [-0.2, -0.15) is 0 Å². The molecule has 0 radical (unpaired) electrons. The third-order valence-corrected chi connectivity index (χ3v) is 6.97. The lowest BCUT2D eigenvalue weighted by atomic mass is 9.91. The molecule has 4 rings (SSSR count). The summed E-state index contributed by atoms with van der Waals surface area (Å²) in [5.74, 6) is -2.22. The number of aromatic hydroxyl groups is 1. The molecule has 37 heavy (non-hydrogen) atoms. The van der Waals surface area contributed by atoms with Gasteiger partial charge in [0, 0.05) is 43.9 Å². The number of hydrogen-bond acceptors (Lipinski definition) is 6. The van der Waals surface area contributed by atoms with Crippen molar-refractivity contribution in [3.05, 3.63) is 75.3 Å². The Morgan fingerprint density at radius 2 is 1.70 bits per heavy atom. The maximum Gasteiger partial charge on any atom is 0.328 e. The van der Waals surface area contributed by atoms with Gasteiger partial charge in [-0.25, -0.2) is 9.59 Å². The SMILES string of the molecule is O=C(Cc1ccc(Cl)c(Cl)c1)N1CCc2c(O)cccc2C1CN1CCC(O)C1.O=C(O)/C=C/C(=O)O. The summed E-state index contributed by atoms with van der Waals surface area (Å²) in [6.07, 6.45) is 2.41. The third kappa shape index (κ3) is 7.93. The number of carbonyl (C=O) groups is 3. The molecule has 0 aromatic heterocycles. The van der Waals surface area contributed by atoms with Crippen molar-refractivity contribution in [2.75, 3.05) is 26.2 Å². The second kappa shape index (κ2) is 12.9. The van der Waals surface area contributed by atoms with Crippen LogP contribution in [-0.2, 0) is 27.2 Å². The van der Waals surface area contributed by atoms with Crippen LogP contribution in [0.2, 0.25) is 10.0 Å². The van der Waals surface area contributed by atoms with Gasteiger partial charge < -0.3 is 25.3 Å². The molecular weight excluding hydrogens is 523 g/mol. The van der Waals surface area contributed by atoms with E-state index in [1.54, 1.807) is 18.2 Å². The molecular formula is C26H28Cl2N2O7. The van der Waals surface area contributed by atoms with Crippen LogP contribution in [0.15, 0.2) is 48.6 Å². The fraction of sp³-hybridized carbons (Fsp3) is 0.346. The number of carboxylic acids is 2. The lowest BCUT2D eigenvalue weighted by Gasteiger charge is -2.39. The molecule has 1 fully saturated rings. The highest BCUT2D eigenvalue weighted by molar-refractivity contribution is 6.42. The van der Waals surface area contributed by atoms with Crippen LogP contribution in [0.5, 0.6) is 5.75 Å². The molecule has 11 heteroatoms. The number of rotatable bonds is 6. The van der Waals surface area contributed by atoms with Crippen molar-refractivity contribution < 1.29 is 34.8 Å². The van der Waals surface area contributed by atoms with Gasteiger partial charge in [0.1, 0.15) is 5.75 Å². The van der Waals surface area contributed by atoms with Crippen molar-refractivity contribution in [2.24, 2.45) is 0 Å². The number of aliphatic hydroxyl groups excluding tert-OH is 1. The highest BCUT2D eigenvalue weighted by Gasteiger charge is 2.34. The van der Waals surface area contributed by atoms with E-state index in [1.165, 1.54) is 0 Å². The number of amides is 1. The van der Waals surface area contributed by atoms with Gasteiger partial charge in [0.15, 0.2) is 0 Å². The second-order valence-corrected chi connectivity index (χ2v) is 9.65. The highest BCUT2D eigenvalue weighted by atomic mass is 35.5. The fourth-order valence-electron chi connectivity index (χ4n) is 4.52. The maximum atomic E-state index is 13.2. The molecule has 2 atom stereocenters. The molecule has 0 aliphatic carbocycles. The van der Waals surface area contributed by atoms with Gasteiger partial charge in [-0.15, -0.1) is 0 Å². The van der Waals surface area contributed by atoms with Gasteiger partial charge in [-0.3, -0.25) is 9.69 Å². The van der Waals surface area contributed by atoms with Crippen molar-refractivity contribution in [1.29, 1.82) is 0 Å². The molecule has 1 amide bonds. The topological polar surface area (TPSA) is 139 Å². The molecule has 2 aliphatic heterocycles. The summed E-state index contributed by atoms with van der Waals surface area (Å²) in [4.78, 5) is 36.4. The Labute approximate surface area is 224 Å². The largest absolute Gasteiger partial charge is 0.508 e. The molecule has 0 spiro atoms. The van der Waals surface area contributed by atoms with E-state index < -0.39 is 11.9 Å². The Morgan fingerprint density at radius 1 is 1.00 bits per heavy atom. The third-order valence-electron chi connectivity index (χ3n) is 6.23. The Kier molecular flexibility index (Phi) is 9.93. The number of fused-ring (bicyclic) bond motifs is 1. The molecule has 0 saturated carbocycles. The van der Waals surface area contributed by atoms with Crippen molar-refractivity contribution >= 4 is 41.0 Å². The first kappa shape index (κ1) is 28.5. The molecule has 9 nitrogen and oxygen atoms in total. The summed E-state index contributed by atoms with van der Waals surface area (Å²) in [5, 5.41) is 36.7. The lowest BCUT2D eigenvalue weighted by molar-refractivity contribution is -0.134. The van der Waals surface area contributed by atoms with Gasteiger partial charge in [-0.1, -0.05) is 41.4 Å². The number of benzene rings is 2. The Balaban J connectivity index is 0.000000414. The molecule has 198 valence electrons. The first-order valence-corrected chi connectivity index (χ1v) is 12.4. The van der Waals surface area contributed by atoms with Crippen LogP contribution in [0, 0.1) is 0 Å². The van der Waals surface area contributed by atoms with Crippen LogP contribution in [-0.4, -0.2) is 80.4 Å². The van der Waals surface area contributed by atoms with Crippen LogP contribution in [0.4, 0.5) is 0 Å². The van der Waals surface area contributed by atoms with E-state index in [0.29, 0.717) is 48.3 Å². The Bertz CT molecular complexity index is 1170. The van der Waals surface area contributed by atoms with E-state index >= 15 is 0 Å². The quantitative estimate of drug-likeness (QED) is 0.402. The number of phenolic OH excluding ortho intramolecular Hbond substituents is 1. The molecule has 1 saturated heterocycles. The van der Waals surface area contributed by atoms with Crippen molar-refractivity contribution in [3.8, 4) is 5.75 Å². The first-order chi connectivity index (χ1) is 17.5. The summed E-state index contributed by atoms with van der Waals surface area (Å²) >= 11 is 12.1. The predicted molar refractivity (Wildman–Crippen MR) is 138 cm³/mol. The Hall–Kier alpha value is -3.11. The average molecular weight is 551 g/mol. The minimum atomic E-state index is -1.26. The molecule has 2 aliphatic rings. The van der Waals surface area contributed by atoms with E-state index in [0.717, 1.165) is 29.7 Å². The van der Waals surface area contributed by atoms with Gasteiger partial charge in [-0.05, 0) is 42.2 Å². The number of carboxylic acid groups (broad SMARTS) is 2. The minimum Gasteiger partial charge on any atom is -0.508 e. The summed E-state index contributed by atoms with van der Waals surface area (Å²) in [7, 11) is 0. The van der Waals surface area contributed by atoms with Gasteiger partial charge in [0.2, 0.25) is 5.91 Å². The van der Waals surface area contributed by atoms with E-state index in [2.05, 4.69) is 4.90 Å². The lowest BCUT2D eigenvalue weighted by Crippen LogP contribution is -2.45. The standard InChI is InChI=1S/C22H24Cl2N2O3.C4H4O4/c23-18-5-4-14(10-19(18)24)11-22(29)26-9-7-17-16(2-1-3-21(17)28)20(26)13-25-8-6-15(27)12-25;5-3(6)1-2-4(7)8/h1-5,10,15,20,27-28H,6-9,11-13H2;1-2H,(H,5,6)(H,7,8)/b;2-1+. The number of hydrogen-bond donors (Lipinski definition) is 4. The molecule has 2 unspecified atom stereocenters. The predicted octanol–water partition coefficient (Wildman–Crippen LogP) is 3.15. The van der Waals surface area contributed by atoms with Crippen molar-refractivity contribution in [3.63, 3.8) is 0 Å².